The van der Waals surface area contributed by atoms with E-state index in [1.165, 1.54) is 12.5 Å². The molecule has 0 aliphatic carbocycles. The first-order chi connectivity index (χ1) is 2.91. The number of nitrogens with two attached hydrogens (primary N) is 1. The van der Waals surface area contributed by atoms with E-state index in [-0.39, 0.29) is 0 Å². The topological polar surface area (TPSA) is 26.0 Å². The van der Waals surface area contributed by atoms with E-state index in [1.54, 1.807) is 0 Å². The summed E-state index contributed by atoms with van der Waals surface area (Å²) in [5, 5.41) is 0. The molecule has 2 N–H and O–H groups in total. The Hall–Kier alpha value is 1.18. The number of hydrogen-bond acceptors (Lipinski definition) is 1. The van der Waals surface area contributed by atoms with Gasteiger partial charge in [0.05, 0.1) is 0 Å². The minimum Gasteiger partial charge on any atom is -0.373 e. The predicted molar refractivity (Wildman–Crippen MR) is 43.3 cm³/mol. The van der Waals surface area contributed by atoms with E-state index in [9.17, 15) is 0 Å². The molecular weight excluding hydrogens is 207 g/mol. The second-order valence-electron chi connectivity index (χ2n) is 1.03. The van der Waals surface area contributed by atoms with Gasteiger partial charge in [-0.25, -0.2) is 0 Å². The number of hydrogen-bond donors (Lipinski definition) is 1. The third kappa shape index (κ3) is 5.18. The molecule has 36 valence electrons. The molecule has 6 heavy (non-hydrogen) atoms. The molecule has 0 aromatic heterocycles. The van der Waals surface area contributed by atoms with Crippen LogP contribution in [0.2, 0.25) is 6.32 Å². The Morgan fingerprint density at radius 1 is 1.83 bits per heavy atom. The van der Waals surface area contributed by atoms with Gasteiger partial charge in [-0.05, 0) is 6.16 Å². The van der Waals surface area contributed by atoms with Gasteiger partial charge < -0.3 is 5.64 Å². The molecule has 0 aromatic rings. The average Bonchev–Trinajstić information content (AvgIpc) is 1.61. The van der Waals surface area contributed by atoms with Crippen LogP contribution in [0.15, 0.2) is 0 Å². The molecule has 0 aliphatic heterocycles. The van der Waals surface area contributed by atoms with E-state index in [0.29, 0.717) is 0 Å². The lowest BCUT2D eigenvalue weighted by Crippen LogP contribution is -2.02. The van der Waals surface area contributed by atoms with Gasteiger partial charge in [0.15, 0.2) is 7.41 Å². The first-order valence-electron chi connectivity index (χ1n) is 1.95. The van der Waals surface area contributed by atoms with Crippen LogP contribution in [0, 0.1) is 0 Å². The van der Waals surface area contributed by atoms with Crippen LogP contribution < -0.4 is 5.64 Å². The van der Waals surface area contributed by atoms with Gasteiger partial charge in [-0.2, -0.15) is 0 Å². The Labute approximate surface area is 54.0 Å². The third-order valence-corrected chi connectivity index (χ3v) is 2.64. The van der Waals surface area contributed by atoms with Gasteiger partial charge in [0, 0.05) is 0 Å². The molecule has 0 aromatic carbocycles. The highest BCUT2D eigenvalue weighted by Gasteiger charge is 1.79. The van der Waals surface area contributed by atoms with Gasteiger partial charge in [-0.3, -0.25) is 0 Å². The van der Waals surface area contributed by atoms with Crippen molar-refractivity contribution in [2.45, 2.75) is 6.32 Å². The molecule has 1 nitrogen and oxygen atoms in total. The van der Waals surface area contributed by atoms with Crippen molar-refractivity contribution in [3.05, 3.63) is 0 Å². The Morgan fingerprint density at radius 3 is 2.67 bits per heavy atom. The first-order valence-corrected chi connectivity index (χ1v) is 6.27. The summed E-state index contributed by atoms with van der Waals surface area (Å²) < 4.78 is 0. The van der Waals surface area contributed by atoms with Crippen LogP contribution in [-0.4, -0.2) is 13.6 Å². The maximum atomic E-state index is 5.22. The van der Waals surface area contributed by atoms with Crippen molar-refractivity contribution >= 4 is 35.7 Å². The average molecular weight is 215 g/mol. The normalized spacial score (nSPS) is 10.3. The summed E-state index contributed by atoms with van der Waals surface area (Å²) in [6, 6.07) is 0. The molecule has 0 heterocycles. The van der Waals surface area contributed by atoms with Crippen molar-refractivity contribution in [3.63, 3.8) is 0 Å². The largest absolute Gasteiger partial charge is 0.373 e. The molecule has 0 amide bonds. The molecule has 0 spiro atoms. The van der Waals surface area contributed by atoms with Gasteiger partial charge in [0.2, 0.25) is 0 Å². The first kappa shape index (κ1) is 7.18. The minimum atomic E-state index is 0.857. The van der Waals surface area contributed by atoms with E-state index >= 15 is 0 Å². The van der Waals surface area contributed by atoms with Gasteiger partial charge in [-0.15, -0.1) is 0 Å². The summed E-state index contributed by atoms with van der Waals surface area (Å²) in [7, 11) is 0.857. The Bertz CT molecular complexity index is 25.5. The highest BCUT2D eigenvalue weighted by Crippen LogP contribution is 2.20. The van der Waals surface area contributed by atoms with Gasteiger partial charge in [-0.1, -0.05) is 34.6 Å². The van der Waals surface area contributed by atoms with Crippen LogP contribution >= 0.6 is 28.3 Å². The lowest BCUT2D eigenvalue weighted by molar-refractivity contribution is 1.46. The maximum absolute atomic E-state index is 5.22. The molecule has 0 aliphatic rings. The van der Waals surface area contributed by atoms with Crippen LogP contribution in [0.25, 0.3) is 0 Å². The van der Waals surface area contributed by atoms with E-state index in [2.05, 4.69) is 22.0 Å². The number of rotatable bonds is 3. The fourth-order valence-corrected chi connectivity index (χ4v) is 1.65. The molecule has 0 bridgehead atoms. The Morgan fingerprint density at radius 2 is 2.50 bits per heavy atom. The van der Waals surface area contributed by atoms with E-state index in [0.717, 1.165) is 13.6 Å². The quantitative estimate of drug-likeness (QED) is 0.319. The summed E-state index contributed by atoms with van der Waals surface area (Å²) in [6.07, 6.45) is 3.55. The summed E-state index contributed by atoms with van der Waals surface area (Å²) in [6.45, 7) is 0. The Kier molecular flexibility index (Phi) is 7.41. The van der Waals surface area contributed by atoms with Crippen LogP contribution in [0.3, 0.4) is 0 Å². The monoisotopic (exact) mass is 215 g/mol. The summed E-state index contributed by atoms with van der Waals surface area (Å²) >= 11 is 2.38. The van der Waals surface area contributed by atoms with Crippen molar-refractivity contribution in [1.82, 2.24) is 0 Å². The molecule has 0 saturated carbocycles. The fraction of sp³-hybridized carbons (Fsp3) is 1.00. The standard InChI is InChI=1S/C2H8BINP/c4-6-2-1-3-5/h3,6H,1-2,5H2. The highest BCUT2D eigenvalue weighted by atomic mass is 127. The highest BCUT2D eigenvalue weighted by molar-refractivity contribution is 14.2. The smallest absolute Gasteiger partial charge is 0.198 e. The Balaban J connectivity index is 2.34. The van der Waals surface area contributed by atoms with Gasteiger partial charge >= 0.3 is 0 Å². The van der Waals surface area contributed by atoms with Gasteiger partial charge in [0.25, 0.3) is 0 Å². The SMILES string of the molecule is NBCCPI. The van der Waals surface area contributed by atoms with Crippen molar-refractivity contribution < 1.29 is 0 Å². The molecule has 0 saturated heterocycles. The second-order valence-corrected chi connectivity index (χ2v) is 4.08. The molecule has 0 radical (unpaired) electrons. The van der Waals surface area contributed by atoms with Gasteiger partial charge in [0.1, 0.15) is 0 Å². The predicted octanol–water partition coefficient (Wildman–Crippen LogP) is 0.743. The third-order valence-electron chi connectivity index (χ3n) is 0.475. The summed E-state index contributed by atoms with van der Waals surface area (Å²) in [5.41, 5.74) is 5.22. The minimum absolute atomic E-state index is 0.857. The van der Waals surface area contributed by atoms with Crippen LogP contribution in [-0.2, 0) is 0 Å². The van der Waals surface area contributed by atoms with Crippen LogP contribution in [0.5, 0.6) is 0 Å². The zero-order chi connectivity index (χ0) is 4.83. The molecular formula is C2H8BINP. The van der Waals surface area contributed by atoms with Crippen molar-refractivity contribution in [2.24, 2.45) is 5.64 Å². The van der Waals surface area contributed by atoms with Crippen LogP contribution in [0.1, 0.15) is 0 Å². The van der Waals surface area contributed by atoms with Crippen molar-refractivity contribution in [3.8, 4) is 0 Å². The lowest BCUT2D eigenvalue weighted by Gasteiger charge is -1.83. The van der Waals surface area contributed by atoms with E-state index < -0.39 is 0 Å². The summed E-state index contributed by atoms with van der Waals surface area (Å²) in [5.74, 6) is 0. The number of halogens is 1. The van der Waals surface area contributed by atoms with Crippen molar-refractivity contribution in [1.29, 1.82) is 0 Å². The second kappa shape index (κ2) is 6.18. The molecule has 4 heteroatoms. The molecule has 1 unspecified atom stereocenters. The zero-order valence-corrected chi connectivity index (χ0v) is 6.73. The zero-order valence-electron chi connectivity index (χ0n) is 3.58. The fourth-order valence-electron chi connectivity index (χ4n) is 0.169. The van der Waals surface area contributed by atoms with Crippen LogP contribution in [0.4, 0.5) is 0 Å². The lowest BCUT2D eigenvalue weighted by atomic mass is 9.94. The maximum Gasteiger partial charge on any atom is 0.198 e. The van der Waals surface area contributed by atoms with Crippen molar-refractivity contribution in [2.75, 3.05) is 6.16 Å². The molecule has 1 atom stereocenters. The van der Waals surface area contributed by atoms with E-state index in [1.807, 2.05) is 0 Å². The van der Waals surface area contributed by atoms with E-state index in [4.69, 9.17) is 5.64 Å². The molecule has 0 rings (SSSR count). The summed E-state index contributed by atoms with van der Waals surface area (Å²) in [4.78, 5) is 0. The molecule has 0 fully saturated rings.